The number of rotatable bonds is 5. The molecule has 160 valence electrons. The van der Waals surface area contributed by atoms with Gasteiger partial charge in [-0.25, -0.2) is 0 Å². The van der Waals surface area contributed by atoms with Crippen LogP contribution >= 0.6 is 0 Å². The van der Waals surface area contributed by atoms with Crippen LogP contribution in [0.3, 0.4) is 0 Å². The van der Waals surface area contributed by atoms with E-state index < -0.39 is 0 Å². The van der Waals surface area contributed by atoms with Gasteiger partial charge in [0.2, 0.25) is 5.91 Å². The lowest BCUT2D eigenvalue weighted by atomic mass is 10.0. The van der Waals surface area contributed by atoms with E-state index in [9.17, 15) is 19.8 Å². The number of amides is 1. The molecule has 32 heavy (non-hydrogen) atoms. The summed E-state index contributed by atoms with van der Waals surface area (Å²) in [4.78, 5) is 31.4. The van der Waals surface area contributed by atoms with Crippen molar-refractivity contribution >= 4 is 40.2 Å². The number of hydrogen-bond acceptors (Lipinski definition) is 5. The summed E-state index contributed by atoms with van der Waals surface area (Å²) in [6.07, 6.45) is 1.49. The fourth-order valence-corrected chi connectivity index (χ4v) is 3.36. The second kappa shape index (κ2) is 8.39. The Morgan fingerprint density at radius 3 is 2.38 bits per heavy atom. The van der Waals surface area contributed by atoms with Crippen molar-refractivity contribution in [3.05, 3.63) is 82.9 Å². The zero-order chi connectivity index (χ0) is 22.8. The summed E-state index contributed by atoms with van der Waals surface area (Å²) in [5.74, 6) is -0.297. The van der Waals surface area contributed by atoms with E-state index in [4.69, 9.17) is 0 Å². The Balaban J connectivity index is 1.66. The third-order valence-electron chi connectivity index (χ3n) is 5.08. The number of aromatic nitrogens is 1. The summed E-state index contributed by atoms with van der Waals surface area (Å²) < 4.78 is 0. The normalized spacial score (nSPS) is 11.2. The van der Waals surface area contributed by atoms with Gasteiger partial charge in [0.15, 0.2) is 11.7 Å². The molecule has 7 heteroatoms. The number of carbonyl (C=O) groups excluding carboxylic acids is 2. The number of phenolic OH excluding ortho intramolecular Hbond substituents is 1. The Morgan fingerprint density at radius 1 is 0.969 bits per heavy atom. The number of nitrogens with one attached hydrogen (secondary N) is 2. The number of anilines is 1. The Labute approximate surface area is 184 Å². The van der Waals surface area contributed by atoms with Crippen LogP contribution in [0, 0.1) is 6.92 Å². The van der Waals surface area contributed by atoms with Crippen LogP contribution in [0.5, 0.6) is 11.6 Å². The van der Waals surface area contributed by atoms with Crippen molar-refractivity contribution in [2.75, 3.05) is 5.32 Å². The van der Waals surface area contributed by atoms with Crippen LogP contribution in [0.15, 0.2) is 65.7 Å². The predicted molar refractivity (Wildman–Crippen MR) is 124 cm³/mol. The number of phenols is 1. The smallest absolute Gasteiger partial charge is 0.221 e. The molecule has 1 heterocycles. The molecule has 1 amide bonds. The Bertz CT molecular complexity index is 1370. The predicted octanol–water partition coefficient (Wildman–Crippen LogP) is 4.83. The van der Waals surface area contributed by atoms with Crippen molar-refractivity contribution in [1.29, 1.82) is 0 Å². The molecule has 7 nitrogen and oxygen atoms in total. The summed E-state index contributed by atoms with van der Waals surface area (Å²) >= 11 is 0. The van der Waals surface area contributed by atoms with Gasteiger partial charge >= 0.3 is 0 Å². The van der Waals surface area contributed by atoms with Crippen molar-refractivity contribution in [2.45, 2.75) is 13.8 Å². The lowest BCUT2D eigenvalue weighted by Gasteiger charge is -2.05. The van der Waals surface area contributed by atoms with E-state index in [0.717, 1.165) is 5.56 Å². The second-order valence-corrected chi connectivity index (χ2v) is 7.46. The van der Waals surface area contributed by atoms with E-state index in [1.54, 1.807) is 61.5 Å². The molecule has 0 spiro atoms. The number of nitrogens with zero attached hydrogens (tertiary/aromatic N) is 1. The fraction of sp³-hybridized carbons (Fsp3) is 0.0800. The van der Waals surface area contributed by atoms with Gasteiger partial charge in [-0.05, 0) is 61.0 Å². The van der Waals surface area contributed by atoms with Gasteiger partial charge in [0.05, 0.1) is 11.3 Å². The number of hydrogen-bond donors (Lipinski definition) is 4. The molecule has 4 rings (SSSR count). The van der Waals surface area contributed by atoms with Gasteiger partial charge in [-0.2, -0.15) is 0 Å². The molecule has 0 saturated carbocycles. The first kappa shape index (κ1) is 20.9. The molecule has 0 aliphatic carbocycles. The monoisotopic (exact) mass is 427 g/mol. The van der Waals surface area contributed by atoms with Crippen LogP contribution in [0.4, 0.5) is 11.4 Å². The first-order valence-corrected chi connectivity index (χ1v) is 9.92. The van der Waals surface area contributed by atoms with Crippen molar-refractivity contribution in [2.24, 2.45) is 4.99 Å². The van der Waals surface area contributed by atoms with Crippen LogP contribution in [-0.4, -0.2) is 33.1 Å². The molecule has 1 aromatic heterocycles. The lowest BCUT2D eigenvalue weighted by Crippen LogP contribution is -2.06. The number of carbonyl (C=O) groups is 2. The summed E-state index contributed by atoms with van der Waals surface area (Å²) in [7, 11) is 0. The van der Waals surface area contributed by atoms with Gasteiger partial charge in [-0.3, -0.25) is 14.6 Å². The van der Waals surface area contributed by atoms with E-state index in [1.807, 2.05) is 0 Å². The van der Waals surface area contributed by atoms with E-state index in [0.29, 0.717) is 39.0 Å². The van der Waals surface area contributed by atoms with Gasteiger partial charge < -0.3 is 20.5 Å². The Kier molecular flexibility index (Phi) is 5.47. The minimum absolute atomic E-state index is 0.0654. The van der Waals surface area contributed by atoms with Crippen molar-refractivity contribution in [3.8, 4) is 11.6 Å². The van der Waals surface area contributed by atoms with E-state index in [1.165, 1.54) is 19.2 Å². The van der Waals surface area contributed by atoms with E-state index in [-0.39, 0.29) is 23.3 Å². The molecular formula is C25H21N3O4. The summed E-state index contributed by atoms with van der Waals surface area (Å²) in [5, 5.41) is 23.5. The van der Waals surface area contributed by atoms with Crippen LogP contribution in [0.2, 0.25) is 0 Å². The number of benzene rings is 3. The van der Waals surface area contributed by atoms with Gasteiger partial charge in [-0.15, -0.1) is 0 Å². The minimum atomic E-state index is -0.187. The van der Waals surface area contributed by atoms with Crippen molar-refractivity contribution in [3.63, 3.8) is 0 Å². The molecule has 0 fully saturated rings. The molecule has 0 bridgehead atoms. The molecule has 3 aromatic carbocycles. The van der Waals surface area contributed by atoms with Crippen LogP contribution in [0.1, 0.15) is 34.0 Å². The number of aromatic hydroxyl groups is 2. The van der Waals surface area contributed by atoms with Crippen molar-refractivity contribution in [1.82, 2.24) is 4.98 Å². The quantitative estimate of drug-likeness (QED) is 0.270. The number of ketones is 1. The molecule has 0 aliphatic rings. The van der Waals surface area contributed by atoms with Gasteiger partial charge in [0.1, 0.15) is 5.75 Å². The minimum Gasteiger partial charge on any atom is -0.508 e. The highest BCUT2D eigenvalue weighted by molar-refractivity contribution is 6.12. The maximum atomic E-state index is 13.0. The Hall–Kier alpha value is -4.39. The molecule has 4 aromatic rings. The maximum absolute atomic E-state index is 13.0. The molecule has 4 N–H and O–H groups in total. The third-order valence-corrected chi connectivity index (χ3v) is 5.08. The highest BCUT2D eigenvalue weighted by Gasteiger charge is 2.14. The van der Waals surface area contributed by atoms with Gasteiger partial charge in [-0.1, -0.05) is 6.07 Å². The van der Waals surface area contributed by atoms with Crippen LogP contribution < -0.4 is 5.32 Å². The van der Waals surface area contributed by atoms with Crippen molar-refractivity contribution < 1.29 is 19.8 Å². The number of aromatic amines is 1. The number of fused-ring (bicyclic) bond motifs is 1. The summed E-state index contributed by atoms with van der Waals surface area (Å²) in [6.45, 7) is 3.21. The Morgan fingerprint density at radius 2 is 1.69 bits per heavy atom. The molecule has 0 atom stereocenters. The molecular weight excluding hydrogens is 406 g/mol. The largest absolute Gasteiger partial charge is 0.508 e. The second-order valence-electron chi connectivity index (χ2n) is 7.46. The van der Waals surface area contributed by atoms with E-state index >= 15 is 0 Å². The first-order chi connectivity index (χ1) is 15.3. The fourth-order valence-electron chi connectivity index (χ4n) is 3.36. The number of aliphatic imine (C=N–C) groups is 1. The lowest BCUT2D eigenvalue weighted by molar-refractivity contribution is -0.114. The third kappa shape index (κ3) is 4.22. The number of H-pyrrole nitrogens is 1. The molecule has 0 unspecified atom stereocenters. The molecule has 0 saturated heterocycles. The van der Waals surface area contributed by atoms with Crippen LogP contribution in [0.25, 0.3) is 10.9 Å². The van der Waals surface area contributed by atoms with Crippen LogP contribution in [-0.2, 0) is 4.79 Å². The molecule has 0 aliphatic heterocycles. The average Bonchev–Trinajstić information content (AvgIpc) is 3.08. The maximum Gasteiger partial charge on any atom is 0.221 e. The first-order valence-electron chi connectivity index (χ1n) is 9.92. The number of aryl methyl sites for hydroxylation is 1. The average molecular weight is 427 g/mol. The van der Waals surface area contributed by atoms with Gasteiger partial charge in [0, 0.05) is 46.9 Å². The zero-order valence-electron chi connectivity index (χ0n) is 17.5. The highest BCUT2D eigenvalue weighted by Crippen LogP contribution is 2.29. The molecule has 0 radical (unpaired) electrons. The SMILES string of the molecule is CC(=O)Nc1ccc(C(=O)c2ccc3[nH]c(O)c(C=Nc4ccc(C)c(O)c4)c3c2)cc1. The topological polar surface area (TPSA) is 115 Å². The summed E-state index contributed by atoms with van der Waals surface area (Å²) in [5.41, 5.74) is 3.92. The highest BCUT2D eigenvalue weighted by atomic mass is 16.3. The van der Waals surface area contributed by atoms with Gasteiger partial charge in [0.25, 0.3) is 0 Å². The summed E-state index contributed by atoms with van der Waals surface area (Å²) in [6, 6.07) is 16.8. The standard InChI is InChI=1S/C25H21N3O4/c1-14-3-7-19(12-23(14)30)26-13-21-20-11-17(6-10-22(20)28-25(21)32)24(31)16-4-8-18(9-5-16)27-15(2)29/h3-13,28,30,32H,1-2H3,(H,27,29). The van der Waals surface area contributed by atoms with E-state index in [2.05, 4.69) is 15.3 Å². The zero-order valence-corrected chi connectivity index (χ0v) is 17.5.